The number of benzene rings is 1. The molecule has 0 bridgehead atoms. The summed E-state index contributed by atoms with van der Waals surface area (Å²) in [7, 11) is 1.33. The van der Waals surface area contributed by atoms with Crippen LogP contribution < -0.4 is 10.2 Å². The van der Waals surface area contributed by atoms with E-state index >= 15 is 0 Å². The topological polar surface area (TPSA) is 125 Å². The van der Waals surface area contributed by atoms with Gasteiger partial charge < -0.3 is 25.0 Å². The lowest BCUT2D eigenvalue weighted by Crippen LogP contribution is -2.70. The molecule has 11 heteroatoms. The molecule has 280 valence electrons. The van der Waals surface area contributed by atoms with Crippen LogP contribution in [0.4, 0.5) is 5.69 Å². The van der Waals surface area contributed by atoms with E-state index in [-0.39, 0.29) is 36.7 Å². The molecule has 1 atom stereocenters. The maximum atomic E-state index is 13.7. The summed E-state index contributed by atoms with van der Waals surface area (Å²) >= 11 is 1.41. The van der Waals surface area contributed by atoms with Crippen molar-refractivity contribution in [2.75, 3.05) is 38.2 Å². The van der Waals surface area contributed by atoms with E-state index in [0.29, 0.717) is 10.7 Å². The van der Waals surface area contributed by atoms with Crippen LogP contribution in [-0.2, 0) is 26.2 Å². The highest BCUT2D eigenvalue weighted by molar-refractivity contribution is 7.14. The number of carboxylic acids is 1. The van der Waals surface area contributed by atoms with E-state index in [4.69, 9.17) is 14.7 Å². The smallest absolute Gasteiger partial charge is 0.339 e. The number of thiophene rings is 1. The Morgan fingerprint density at radius 1 is 0.962 bits per heavy atom. The molecule has 4 heterocycles. The van der Waals surface area contributed by atoms with Gasteiger partial charge in [0.25, 0.3) is 5.91 Å². The third-order valence-electron chi connectivity index (χ3n) is 11.6. The number of carboxylic acid groups (broad SMARTS) is 1. The fourth-order valence-electron chi connectivity index (χ4n) is 8.24. The molecule has 52 heavy (non-hydrogen) atoms. The van der Waals surface area contributed by atoms with Crippen LogP contribution in [-0.4, -0.2) is 82.7 Å². The number of nitrogens with one attached hydrogen (secondary N) is 1. The summed E-state index contributed by atoms with van der Waals surface area (Å²) in [5.41, 5.74) is 1.24. The predicted octanol–water partition coefficient (Wildman–Crippen LogP) is 6.98. The zero-order valence-corrected chi connectivity index (χ0v) is 32.2. The van der Waals surface area contributed by atoms with Crippen molar-refractivity contribution in [3.05, 3.63) is 64.1 Å². The van der Waals surface area contributed by atoms with Crippen molar-refractivity contribution in [2.45, 2.75) is 103 Å². The number of hydrogen-bond donors (Lipinski definition) is 2. The van der Waals surface area contributed by atoms with Gasteiger partial charge in [0.2, 0.25) is 5.91 Å². The number of carbonyl (C=O) groups is 3. The number of hydrogen-bond acceptors (Lipinski definition) is 8. The number of ether oxygens (including phenoxy) is 1. The largest absolute Gasteiger partial charge is 0.479 e. The fourth-order valence-corrected chi connectivity index (χ4v) is 9.20. The van der Waals surface area contributed by atoms with E-state index in [1.807, 2.05) is 42.7 Å². The minimum Gasteiger partial charge on any atom is -0.479 e. The Kier molecular flexibility index (Phi) is 11.7. The molecule has 1 aromatic carbocycles. The summed E-state index contributed by atoms with van der Waals surface area (Å²) in [6.07, 6.45) is 14.9. The molecule has 0 spiro atoms. The maximum Gasteiger partial charge on any atom is 0.339 e. The van der Waals surface area contributed by atoms with E-state index < -0.39 is 17.6 Å². The molecule has 1 saturated carbocycles. The van der Waals surface area contributed by atoms with Gasteiger partial charge in [0.1, 0.15) is 6.04 Å². The van der Waals surface area contributed by atoms with Gasteiger partial charge in [-0.1, -0.05) is 77.6 Å². The zero-order valence-electron chi connectivity index (χ0n) is 31.4. The Morgan fingerprint density at radius 3 is 2.15 bits per heavy atom. The number of aliphatic carboxylic acids is 1. The van der Waals surface area contributed by atoms with Gasteiger partial charge in [-0.2, -0.15) is 0 Å². The first-order valence-electron chi connectivity index (χ1n) is 19.0. The van der Waals surface area contributed by atoms with Crippen LogP contribution in [0.15, 0.2) is 48.8 Å². The highest BCUT2D eigenvalue weighted by Crippen LogP contribution is 2.40. The van der Waals surface area contributed by atoms with Gasteiger partial charge in [-0.05, 0) is 66.5 Å². The molecule has 3 aromatic rings. The SMILES string of the molecule is CCCC1CCC(C2CCN(c3cnc(-c4ccc(C[C@H](NC(=O)c5ccc(C(C)(C)C)s5)C(=O)N5CC(OC)(C(=O)O)C5)cc4)nc3)CC2)CC1. The number of anilines is 1. The number of rotatable bonds is 12. The van der Waals surface area contributed by atoms with Gasteiger partial charge in [-0.25, -0.2) is 14.8 Å². The molecule has 10 nitrogen and oxygen atoms in total. The summed E-state index contributed by atoms with van der Waals surface area (Å²) in [4.78, 5) is 53.8. The van der Waals surface area contributed by atoms with Crippen LogP contribution in [0, 0.1) is 17.8 Å². The van der Waals surface area contributed by atoms with Gasteiger partial charge in [0.15, 0.2) is 11.4 Å². The lowest BCUT2D eigenvalue weighted by atomic mass is 9.72. The number of aromatic nitrogens is 2. The van der Waals surface area contributed by atoms with E-state index in [0.717, 1.165) is 52.5 Å². The Balaban J connectivity index is 1.08. The summed E-state index contributed by atoms with van der Waals surface area (Å²) in [5, 5.41) is 12.6. The van der Waals surface area contributed by atoms with E-state index in [2.05, 4.69) is 37.9 Å². The molecule has 2 aliphatic heterocycles. The third kappa shape index (κ3) is 8.52. The quantitative estimate of drug-likeness (QED) is 0.205. The third-order valence-corrected chi connectivity index (χ3v) is 13.1. The second-order valence-corrected chi connectivity index (χ2v) is 17.3. The van der Waals surface area contributed by atoms with Crippen LogP contribution in [0.5, 0.6) is 0 Å². The molecule has 2 N–H and O–H groups in total. The number of nitrogens with zero attached hydrogens (tertiary/aromatic N) is 4. The second kappa shape index (κ2) is 16.0. The second-order valence-electron chi connectivity index (χ2n) is 16.2. The standard InChI is InChI=1S/C41H55N5O5S/c1-6-7-27-8-12-29(13-9-27)30-18-20-45(21-19-30)32-23-42-36(43-24-32)31-14-10-28(11-15-31)22-33(38(48)46-25-41(26-46,51-5)39(49)50)44-37(47)34-16-17-35(52-34)40(2,3)4/h10-11,14-17,23-24,27,29-30,33H,6-9,12-13,18-22,25-26H2,1-5H3,(H,44,47)(H,49,50)/t27?,29?,33-/m0/s1. The number of methoxy groups -OCH3 is 1. The van der Waals surface area contributed by atoms with Crippen molar-refractivity contribution in [3.8, 4) is 11.4 Å². The van der Waals surface area contributed by atoms with E-state index in [1.54, 1.807) is 6.07 Å². The number of amides is 2. The first-order chi connectivity index (χ1) is 24.9. The Hall–Kier alpha value is -3.83. The van der Waals surface area contributed by atoms with Gasteiger partial charge in [0, 0.05) is 37.1 Å². The molecule has 0 radical (unpaired) electrons. The molecule has 2 saturated heterocycles. The molecule has 1 aliphatic carbocycles. The highest BCUT2D eigenvalue weighted by atomic mass is 32.1. The lowest BCUT2D eigenvalue weighted by Gasteiger charge is -2.46. The molecular formula is C41H55N5O5S. The minimum absolute atomic E-state index is 0.0818. The van der Waals surface area contributed by atoms with Crippen LogP contribution in [0.2, 0.25) is 0 Å². The molecule has 2 amide bonds. The number of carbonyl (C=O) groups excluding carboxylic acids is 2. The van der Waals surface area contributed by atoms with E-state index in [9.17, 15) is 19.5 Å². The van der Waals surface area contributed by atoms with Crippen LogP contribution >= 0.6 is 11.3 Å². The van der Waals surface area contributed by atoms with Crippen molar-refractivity contribution < 1.29 is 24.2 Å². The average molecular weight is 730 g/mol. The predicted molar refractivity (Wildman–Crippen MR) is 205 cm³/mol. The number of likely N-dealkylation sites (tertiary alicyclic amines) is 1. The monoisotopic (exact) mass is 729 g/mol. The van der Waals surface area contributed by atoms with Crippen LogP contribution in [0.1, 0.15) is 99.2 Å². The molecular weight excluding hydrogens is 675 g/mol. The van der Waals surface area contributed by atoms with Crippen molar-refractivity contribution in [3.63, 3.8) is 0 Å². The Morgan fingerprint density at radius 2 is 1.60 bits per heavy atom. The molecule has 0 unspecified atom stereocenters. The molecule has 3 fully saturated rings. The number of piperidine rings is 1. The van der Waals surface area contributed by atoms with Crippen LogP contribution in [0.25, 0.3) is 11.4 Å². The Bertz CT molecular complexity index is 1680. The summed E-state index contributed by atoms with van der Waals surface area (Å²) in [5.74, 6) is 1.53. The Labute approximate surface area is 312 Å². The summed E-state index contributed by atoms with van der Waals surface area (Å²) in [6.45, 7) is 10.5. The van der Waals surface area contributed by atoms with Crippen molar-refractivity contribution in [1.29, 1.82) is 0 Å². The summed E-state index contributed by atoms with van der Waals surface area (Å²) < 4.78 is 5.24. The maximum absolute atomic E-state index is 13.7. The van der Waals surface area contributed by atoms with Gasteiger partial charge in [-0.3, -0.25) is 9.59 Å². The van der Waals surface area contributed by atoms with Gasteiger partial charge >= 0.3 is 5.97 Å². The fraction of sp³-hybridized carbons (Fsp3) is 0.585. The average Bonchev–Trinajstić information content (AvgIpc) is 3.64. The molecule has 6 rings (SSSR count). The van der Waals surface area contributed by atoms with Crippen molar-refractivity contribution >= 4 is 34.8 Å². The zero-order chi connectivity index (χ0) is 37.0. The first kappa shape index (κ1) is 37.9. The van der Waals surface area contributed by atoms with Gasteiger partial charge in [0.05, 0.1) is 36.0 Å². The van der Waals surface area contributed by atoms with Crippen molar-refractivity contribution in [2.24, 2.45) is 17.8 Å². The molecule has 2 aromatic heterocycles. The molecule has 3 aliphatic rings. The van der Waals surface area contributed by atoms with Crippen LogP contribution in [0.3, 0.4) is 0 Å². The van der Waals surface area contributed by atoms with E-state index in [1.165, 1.54) is 74.7 Å². The normalized spacial score (nSPS) is 21.3. The van der Waals surface area contributed by atoms with Crippen molar-refractivity contribution in [1.82, 2.24) is 20.2 Å². The lowest BCUT2D eigenvalue weighted by molar-refractivity contribution is -0.188. The minimum atomic E-state index is -1.43. The summed E-state index contributed by atoms with van der Waals surface area (Å²) in [6, 6.07) is 10.6. The van der Waals surface area contributed by atoms with Gasteiger partial charge in [-0.15, -0.1) is 11.3 Å². The highest BCUT2D eigenvalue weighted by Gasteiger charge is 2.53. The first-order valence-corrected chi connectivity index (χ1v) is 19.9.